The number of hydrogen-bond acceptors (Lipinski definition) is 3. The van der Waals surface area contributed by atoms with Crippen LogP contribution in [-0.4, -0.2) is 9.55 Å². The number of aromatic nitrogens is 2. The minimum Gasteiger partial charge on any atom is -0.458 e. The summed E-state index contributed by atoms with van der Waals surface area (Å²) in [6, 6.07) is 7.88. The molecule has 104 valence electrons. The summed E-state index contributed by atoms with van der Waals surface area (Å²) in [5.41, 5.74) is 7.09. The molecule has 2 N–H and O–H groups in total. The smallest absolute Gasteiger partial charge is 0.148 e. The van der Waals surface area contributed by atoms with E-state index in [1.807, 2.05) is 42.1 Å². The van der Waals surface area contributed by atoms with Gasteiger partial charge in [0.2, 0.25) is 0 Å². The van der Waals surface area contributed by atoms with Crippen molar-refractivity contribution in [1.82, 2.24) is 9.55 Å². The number of furan rings is 1. The average Bonchev–Trinajstić information content (AvgIpc) is 3.03. The van der Waals surface area contributed by atoms with Gasteiger partial charge in [-0.25, -0.2) is 4.98 Å². The molecule has 0 spiro atoms. The lowest BCUT2D eigenvalue weighted by Gasteiger charge is -2.08. The summed E-state index contributed by atoms with van der Waals surface area (Å²) in [7, 11) is 1.99. The standard InChI is InChI=1S/C15H16BrN3O/c1-19-8-7-18-14(19)6-5-12(17)13-9-10-3-2-4-11(16)15(10)20-13/h2-4,7-9,12H,5-6,17H2,1H3. The minimum atomic E-state index is -0.119. The van der Waals surface area contributed by atoms with E-state index in [-0.39, 0.29) is 6.04 Å². The highest BCUT2D eigenvalue weighted by atomic mass is 79.9. The Morgan fingerprint density at radius 1 is 1.45 bits per heavy atom. The summed E-state index contributed by atoms with van der Waals surface area (Å²) in [6.07, 6.45) is 5.39. The molecule has 2 aromatic heterocycles. The van der Waals surface area contributed by atoms with E-state index in [1.165, 1.54) is 0 Å². The highest BCUT2D eigenvalue weighted by Crippen LogP contribution is 2.30. The lowest BCUT2D eigenvalue weighted by Crippen LogP contribution is -2.11. The second-order valence-electron chi connectivity index (χ2n) is 4.91. The van der Waals surface area contributed by atoms with E-state index >= 15 is 0 Å². The van der Waals surface area contributed by atoms with Crippen LogP contribution < -0.4 is 5.73 Å². The van der Waals surface area contributed by atoms with Crippen LogP contribution in [-0.2, 0) is 13.5 Å². The summed E-state index contributed by atoms with van der Waals surface area (Å²) in [5, 5.41) is 1.07. The zero-order valence-electron chi connectivity index (χ0n) is 11.2. The number of rotatable bonds is 4. The summed E-state index contributed by atoms with van der Waals surface area (Å²) in [6.45, 7) is 0. The average molecular weight is 334 g/mol. The van der Waals surface area contributed by atoms with E-state index in [9.17, 15) is 0 Å². The predicted octanol–water partition coefficient (Wildman–Crippen LogP) is 3.56. The van der Waals surface area contributed by atoms with Crippen LogP contribution in [0.3, 0.4) is 0 Å². The maximum atomic E-state index is 6.23. The van der Waals surface area contributed by atoms with Gasteiger partial charge in [0, 0.05) is 31.2 Å². The van der Waals surface area contributed by atoms with Crippen molar-refractivity contribution >= 4 is 26.9 Å². The summed E-state index contributed by atoms with van der Waals surface area (Å²) < 4.78 is 8.83. The Hall–Kier alpha value is -1.59. The van der Waals surface area contributed by atoms with Crippen molar-refractivity contribution in [2.24, 2.45) is 12.8 Å². The van der Waals surface area contributed by atoms with E-state index in [2.05, 4.69) is 20.9 Å². The molecular formula is C15H16BrN3O. The Balaban J connectivity index is 1.77. The molecule has 0 aliphatic carbocycles. The molecule has 20 heavy (non-hydrogen) atoms. The zero-order chi connectivity index (χ0) is 14.1. The number of nitrogens with zero attached hydrogens (tertiary/aromatic N) is 2. The minimum absolute atomic E-state index is 0.119. The van der Waals surface area contributed by atoms with E-state index < -0.39 is 0 Å². The molecular weight excluding hydrogens is 318 g/mol. The van der Waals surface area contributed by atoms with Gasteiger partial charge in [-0.2, -0.15) is 0 Å². The monoisotopic (exact) mass is 333 g/mol. The molecule has 0 aliphatic heterocycles. The van der Waals surface area contributed by atoms with Gasteiger partial charge in [-0.3, -0.25) is 0 Å². The van der Waals surface area contributed by atoms with Crippen LogP contribution in [0.25, 0.3) is 11.0 Å². The number of benzene rings is 1. The molecule has 2 heterocycles. The van der Waals surface area contributed by atoms with Crippen molar-refractivity contribution in [3.05, 3.63) is 52.7 Å². The van der Waals surface area contributed by atoms with Crippen LogP contribution in [0.1, 0.15) is 24.0 Å². The normalized spacial score (nSPS) is 12.9. The quantitative estimate of drug-likeness (QED) is 0.794. The fourth-order valence-corrected chi connectivity index (χ4v) is 2.76. The third kappa shape index (κ3) is 2.51. The summed E-state index contributed by atoms with van der Waals surface area (Å²) >= 11 is 3.49. The SMILES string of the molecule is Cn1ccnc1CCC(N)c1cc2cccc(Br)c2o1. The van der Waals surface area contributed by atoms with Gasteiger partial charge in [-0.15, -0.1) is 0 Å². The molecule has 3 rings (SSSR count). The first-order valence-electron chi connectivity index (χ1n) is 6.55. The number of halogens is 1. The van der Waals surface area contributed by atoms with Crippen LogP contribution in [0.15, 0.2) is 45.5 Å². The third-order valence-corrected chi connectivity index (χ3v) is 4.10. The van der Waals surface area contributed by atoms with Gasteiger partial charge < -0.3 is 14.7 Å². The first kappa shape index (κ1) is 13.4. The Morgan fingerprint density at radius 2 is 2.30 bits per heavy atom. The maximum absolute atomic E-state index is 6.23. The van der Waals surface area contributed by atoms with Crippen molar-refractivity contribution in [3.8, 4) is 0 Å². The van der Waals surface area contributed by atoms with E-state index in [0.717, 1.165) is 39.9 Å². The number of para-hydroxylation sites is 1. The van der Waals surface area contributed by atoms with Crippen molar-refractivity contribution < 1.29 is 4.42 Å². The summed E-state index contributed by atoms with van der Waals surface area (Å²) in [5.74, 6) is 1.86. The molecule has 5 heteroatoms. The molecule has 0 amide bonds. The Labute approximate surface area is 125 Å². The first-order chi connectivity index (χ1) is 9.65. The van der Waals surface area contributed by atoms with Crippen molar-refractivity contribution in [2.45, 2.75) is 18.9 Å². The molecule has 0 saturated carbocycles. The van der Waals surface area contributed by atoms with Crippen LogP contribution in [0.5, 0.6) is 0 Å². The number of aryl methyl sites for hydroxylation is 2. The van der Waals surface area contributed by atoms with E-state index in [0.29, 0.717) is 0 Å². The Kier molecular flexibility index (Phi) is 3.63. The predicted molar refractivity (Wildman–Crippen MR) is 82.4 cm³/mol. The largest absolute Gasteiger partial charge is 0.458 e. The lowest BCUT2D eigenvalue weighted by atomic mass is 10.1. The second kappa shape index (κ2) is 5.42. The molecule has 1 atom stereocenters. The van der Waals surface area contributed by atoms with Gasteiger partial charge in [0.15, 0.2) is 0 Å². The fraction of sp³-hybridized carbons (Fsp3) is 0.267. The van der Waals surface area contributed by atoms with Crippen LogP contribution in [0, 0.1) is 0 Å². The molecule has 3 aromatic rings. The molecule has 4 nitrogen and oxygen atoms in total. The van der Waals surface area contributed by atoms with Crippen molar-refractivity contribution in [2.75, 3.05) is 0 Å². The topological polar surface area (TPSA) is 57.0 Å². The van der Waals surface area contributed by atoms with Gasteiger partial charge in [-0.05, 0) is 34.5 Å². The van der Waals surface area contributed by atoms with E-state index in [4.69, 9.17) is 10.2 Å². The molecule has 1 unspecified atom stereocenters. The van der Waals surface area contributed by atoms with Gasteiger partial charge in [0.1, 0.15) is 17.2 Å². The van der Waals surface area contributed by atoms with Gasteiger partial charge >= 0.3 is 0 Å². The molecule has 0 saturated heterocycles. The number of hydrogen-bond donors (Lipinski definition) is 1. The van der Waals surface area contributed by atoms with Gasteiger partial charge in [0.25, 0.3) is 0 Å². The molecule has 1 aromatic carbocycles. The maximum Gasteiger partial charge on any atom is 0.148 e. The Morgan fingerprint density at radius 3 is 3.00 bits per heavy atom. The van der Waals surface area contributed by atoms with Crippen LogP contribution in [0.4, 0.5) is 0 Å². The number of nitrogens with two attached hydrogens (primary N) is 1. The van der Waals surface area contributed by atoms with Crippen LogP contribution in [0.2, 0.25) is 0 Å². The highest BCUT2D eigenvalue weighted by molar-refractivity contribution is 9.10. The number of imidazole rings is 1. The third-order valence-electron chi connectivity index (χ3n) is 3.48. The highest BCUT2D eigenvalue weighted by Gasteiger charge is 2.14. The molecule has 0 bridgehead atoms. The van der Waals surface area contributed by atoms with Gasteiger partial charge in [-0.1, -0.05) is 12.1 Å². The summed E-state index contributed by atoms with van der Waals surface area (Å²) in [4.78, 5) is 4.31. The second-order valence-corrected chi connectivity index (χ2v) is 5.76. The van der Waals surface area contributed by atoms with Gasteiger partial charge in [0.05, 0.1) is 10.5 Å². The number of fused-ring (bicyclic) bond motifs is 1. The Bertz CT molecular complexity index is 732. The zero-order valence-corrected chi connectivity index (χ0v) is 12.8. The van der Waals surface area contributed by atoms with Crippen LogP contribution >= 0.6 is 15.9 Å². The van der Waals surface area contributed by atoms with Crippen molar-refractivity contribution in [1.29, 1.82) is 0 Å². The molecule has 0 radical (unpaired) electrons. The molecule has 0 fully saturated rings. The molecule has 0 aliphatic rings. The van der Waals surface area contributed by atoms with Crippen molar-refractivity contribution in [3.63, 3.8) is 0 Å². The lowest BCUT2D eigenvalue weighted by molar-refractivity contribution is 0.473. The fourth-order valence-electron chi connectivity index (χ4n) is 2.29. The first-order valence-corrected chi connectivity index (χ1v) is 7.34. The van der Waals surface area contributed by atoms with E-state index in [1.54, 1.807) is 6.20 Å².